The van der Waals surface area contributed by atoms with Crippen molar-refractivity contribution in [2.45, 2.75) is 51.8 Å². The lowest BCUT2D eigenvalue weighted by molar-refractivity contribution is -0.386. The smallest absolute Gasteiger partial charge is 0.350 e. The fourth-order valence-corrected chi connectivity index (χ4v) is 3.22. The lowest BCUT2D eigenvalue weighted by atomic mass is 10.0. The van der Waals surface area contributed by atoms with Gasteiger partial charge in [-0.15, -0.1) is 0 Å². The summed E-state index contributed by atoms with van der Waals surface area (Å²) in [5, 5.41) is 11.7. The Balaban J connectivity index is 1.97. The normalized spacial score (nSPS) is 18.4. The molecule has 0 aliphatic carbocycles. The van der Waals surface area contributed by atoms with Gasteiger partial charge in [0.1, 0.15) is 17.7 Å². The van der Waals surface area contributed by atoms with Gasteiger partial charge in [0.25, 0.3) is 0 Å². The van der Waals surface area contributed by atoms with Crippen LogP contribution in [0.3, 0.4) is 0 Å². The second-order valence-corrected chi connectivity index (χ2v) is 7.96. The van der Waals surface area contributed by atoms with Crippen molar-refractivity contribution in [1.29, 1.82) is 0 Å². The van der Waals surface area contributed by atoms with Crippen LogP contribution in [0.2, 0.25) is 0 Å². The van der Waals surface area contributed by atoms with Crippen molar-refractivity contribution >= 4 is 11.7 Å². The first kappa shape index (κ1) is 23.6. The number of nitrogens with zero attached hydrogens (tertiary/aromatic N) is 1. The molecule has 0 spiro atoms. The first-order valence-electron chi connectivity index (χ1n) is 9.89. The molecule has 2 atom stereocenters. The van der Waals surface area contributed by atoms with E-state index in [0.29, 0.717) is 0 Å². The highest BCUT2D eigenvalue weighted by molar-refractivity contribution is 5.77. The van der Waals surface area contributed by atoms with Gasteiger partial charge in [0, 0.05) is 11.6 Å². The number of benzene rings is 2. The Morgan fingerprint density at radius 2 is 1.94 bits per heavy atom. The monoisotopic (exact) mass is 451 g/mol. The second kappa shape index (κ2) is 9.17. The van der Waals surface area contributed by atoms with E-state index >= 15 is 0 Å². The SMILES string of the molecule is CC(C)OC(=O)[C@@H](Oc1ccc(-c2cc(F)ccc2F)cc1[N+](=O)[O-])[C@H]1COC(C)(C)O1. The van der Waals surface area contributed by atoms with Gasteiger partial charge in [0.15, 0.2) is 11.5 Å². The molecular weight excluding hydrogens is 428 g/mol. The van der Waals surface area contributed by atoms with Crippen LogP contribution in [-0.2, 0) is 19.0 Å². The molecule has 0 saturated carbocycles. The zero-order valence-corrected chi connectivity index (χ0v) is 18.0. The topological polar surface area (TPSA) is 97.1 Å². The van der Waals surface area contributed by atoms with E-state index in [2.05, 4.69) is 0 Å². The van der Waals surface area contributed by atoms with Gasteiger partial charge in [-0.3, -0.25) is 10.1 Å². The lowest BCUT2D eigenvalue weighted by Crippen LogP contribution is -2.43. The fraction of sp³-hybridized carbons (Fsp3) is 0.409. The first-order valence-corrected chi connectivity index (χ1v) is 9.89. The van der Waals surface area contributed by atoms with E-state index in [-0.39, 0.29) is 23.5 Å². The Kier molecular flexibility index (Phi) is 6.75. The van der Waals surface area contributed by atoms with Crippen LogP contribution in [0.1, 0.15) is 27.7 Å². The third kappa shape index (κ3) is 5.38. The van der Waals surface area contributed by atoms with Crippen LogP contribution < -0.4 is 4.74 Å². The summed E-state index contributed by atoms with van der Waals surface area (Å²) in [7, 11) is 0. The summed E-state index contributed by atoms with van der Waals surface area (Å²) in [5.74, 6) is -3.45. The Labute approximate surface area is 183 Å². The van der Waals surface area contributed by atoms with Crippen molar-refractivity contribution in [2.24, 2.45) is 0 Å². The summed E-state index contributed by atoms with van der Waals surface area (Å²) in [4.78, 5) is 23.6. The van der Waals surface area contributed by atoms with Crippen LogP contribution >= 0.6 is 0 Å². The van der Waals surface area contributed by atoms with E-state index in [1.165, 1.54) is 12.1 Å². The maximum Gasteiger partial charge on any atom is 0.350 e. The number of nitro benzene ring substituents is 1. The summed E-state index contributed by atoms with van der Waals surface area (Å²) >= 11 is 0. The van der Waals surface area contributed by atoms with Gasteiger partial charge in [-0.05, 0) is 57.5 Å². The molecule has 1 aliphatic rings. The predicted molar refractivity (Wildman–Crippen MR) is 109 cm³/mol. The number of carbonyl (C=O) groups excluding carboxylic acids is 1. The number of halogens is 2. The zero-order chi connectivity index (χ0) is 23.6. The average Bonchev–Trinajstić information content (AvgIpc) is 3.06. The van der Waals surface area contributed by atoms with Gasteiger partial charge < -0.3 is 18.9 Å². The molecule has 0 bridgehead atoms. The largest absolute Gasteiger partial charge is 0.469 e. The van der Waals surface area contributed by atoms with Gasteiger partial charge in [-0.2, -0.15) is 0 Å². The van der Waals surface area contributed by atoms with E-state index in [9.17, 15) is 23.7 Å². The molecule has 172 valence electrons. The molecule has 8 nitrogen and oxygen atoms in total. The van der Waals surface area contributed by atoms with Gasteiger partial charge in [0.2, 0.25) is 6.10 Å². The predicted octanol–water partition coefficient (Wildman–Crippen LogP) is 4.39. The molecule has 0 unspecified atom stereocenters. The minimum atomic E-state index is -1.35. The van der Waals surface area contributed by atoms with Crippen molar-refractivity contribution < 1.29 is 37.4 Å². The highest BCUT2D eigenvalue weighted by Gasteiger charge is 2.43. The molecule has 0 aromatic heterocycles. The molecule has 0 N–H and O–H groups in total. The Morgan fingerprint density at radius 3 is 2.53 bits per heavy atom. The van der Waals surface area contributed by atoms with Crippen molar-refractivity contribution in [3.05, 3.63) is 58.1 Å². The number of rotatable bonds is 7. The van der Waals surface area contributed by atoms with Crippen molar-refractivity contribution in [1.82, 2.24) is 0 Å². The van der Waals surface area contributed by atoms with E-state index in [4.69, 9.17) is 18.9 Å². The Hall–Kier alpha value is -3.11. The summed E-state index contributed by atoms with van der Waals surface area (Å²) in [6, 6.07) is 6.41. The van der Waals surface area contributed by atoms with Crippen molar-refractivity contribution in [3.63, 3.8) is 0 Å². The minimum Gasteiger partial charge on any atom is -0.469 e. The van der Waals surface area contributed by atoms with Gasteiger partial charge in [0.05, 0.1) is 17.6 Å². The van der Waals surface area contributed by atoms with E-state index in [1.807, 2.05) is 0 Å². The molecule has 1 heterocycles. The summed E-state index contributed by atoms with van der Waals surface area (Å²) in [6.45, 7) is 6.61. The molecule has 1 fully saturated rings. The van der Waals surface area contributed by atoms with Crippen LogP contribution in [0.4, 0.5) is 14.5 Å². The van der Waals surface area contributed by atoms with Crippen LogP contribution in [0.15, 0.2) is 36.4 Å². The van der Waals surface area contributed by atoms with Crippen LogP contribution in [0.5, 0.6) is 5.75 Å². The minimum absolute atomic E-state index is 0.00520. The molecule has 32 heavy (non-hydrogen) atoms. The molecule has 2 aromatic rings. The molecule has 0 amide bonds. The number of ether oxygens (including phenoxy) is 4. The van der Waals surface area contributed by atoms with Gasteiger partial charge >= 0.3 is 11.7 Å². The molecule has 0 radical (unpaired) electrons. The second-order valence-electron chi connectivity index (χ2n) is 7.96. The average molecular weight is 451 g/mol. The zero-order valence-electron chi connectivity index (χ0n) is 18.0. The molecule has 1 saturated heterocycles. The van der Waals surface area contributed by atoms with Crippen molar-refractivity contribution in [2.75, 3.05) is 6.61 Å². The summed E-state index contributed by atoms with van der Waals surface area (Å²) in [6.07, 6.45) is -2.69. The Morgan fingerprint density at radius 1 is 1.22 bits per heavy atom. The van der Waals surface area contributed by atoms with Crippen LogP contribution in [-0.4, -0.2) is 41.6 Å². The number of hydrogen-bond acceptors (Lipinski definition) is 7. The quantitative estimate of drug-likeness (QED) is 0.350. The van der Waals surface area contributed by atoms with E-state index in [0.717, 1.165) is 24.3 Å². The summed E-state index contributed by atoms with van der Waals surface area (Å²) < 4.78 is 49.8. The number of carbonyl (C=O) groups is 1. The fourth-order valence-electron chi connectivity index (χ4n) is 3.22. The number of esters is 1. The Bertz CT molecular complexity index is 1030. The number of hydrogen-bond donors (Lipinski definition) is 0. The van der Waals surface area contributed by atoms with E-state index in [1.54, 1.807) is 27.7 Å². The van der Waals surface area contributed by atoms with Crippen LogP contribution in [0, 0.1) is 21.7 Å². The molecule has 1 aliphatic heterocycles. The highest BCUT2D eigenvalue weighted by atomic mass is 19.1. The van der Waals surface area contributed by atoms with Crippen molar-refractivity contribution in [3.8, 4) is 16.9 Å². The summed E-state index contributed by atoms with van der Waals surface area (Å²) in [5.41, 5.74) is -0.611. The van der Waals surface area contributed by atoms with Crippen LogP contribution in [0.25, 0.3) is 11.1 Å². The van der Waals surface area contributed by atoms with Gasteiger partial charge in [-0.25, -0.2) is 13.6 Å². The number of nitro groups is 1. The lowest BCUT2D eigenvalue weighted by Gasteiger charge is -2.24. The standard InChI is InChI=1S/C22H23F2NO7/c1-12(2)30-21(26)20(19-11-29-22(3,4)32-19)31-18-8-5-13(9-17(18)25(27)28)15-10-14(23)6-7-16(15)24/h5-10,12,19-20H,11H2,1-4H3/t19-,20+/m1/s1. The molecular formula is C22H23F2NO7. The maximum atomic E-state index is 14.1. The maximum absolute atomic E-state index is 14.1. The molecule has 2 aromatic carbocycles. The first-order chi connectivity index (χ1) is 15.0. The molecule has 10 heteroatoms. The highest BCUT2D eigenvalue weighted by Crippen LogP contribution is 2.36. The van der Waals surface area contributed by atoms with E-state index < -0.39 is 52.3 Å². The van der Waals surface area contributed by atoms with Gasteiger partial charge in [-0.1, -0.05) is 6.07 Å². The third-order valence-corrected chi connectivity index (χ3v) is 4.60. The molecule has 3 rings (SSSR count). The third-order valence-electron chi connectivity index (χ3n) is 4.60.